The van der Waals surface area contributed by atoms with Crippen molar-refractivity contribution in [2.45, 2.75) is 39.0 Å². The molecule has 0 spiro atoms. The van der Waals surface area contributed by atoms with Gasteiger partial charge in [-0.15, -0.1) is 0 Å². The van der Waals surface area contributed by atoms with Gasteiger partial charge in [-0.25, -0.2) is 15.1 Å². The normalized spacial score (nSPS) is 13.1. The Kier molecular flexibility index (Phi) is 9.04. The molecule has 1 unspecified atom stereocenters. The number of fused-ring (bicyclic) bond motifs is 3. The quantitative estimate of drug-likeness (QED) is 0.404. The molecule has 8 nitrogen and oxygen atoms in total. The largest absolute Gasteiger partial charge is 0.479 e. The number of aliphatic carboxylic acids is 1. The first-order valence-electron chi connectivity index (χ1n) is 11.6. The van der Waals surface area contributed by atoms with Crippen LogP contribution in [-0.4, -0.2) is 42.8 Å². The lowest BCUT2D eigenvalue weighted by atomic mass is 9.88. The van der Waals surface area contributed by atoms with E-state index in [0.29, 0.717) is 25.3 Å². The molecule has 3 N–H and O–H groups in total. The summed E-state index contributed by atoms with van der Waals surface area (Å²) in [4.78, 5) is 39.2. The van der Waals surface area contributed by atoms with Crippen molar-refractivity contribution in [3.05, 3.63) is 59.7 Å². The number of hydrogen-bond acceptors (Lipinski definition) is 5. The molecule has 3 rings (SSSR count). The summed E-state index contributed by atoms with van der Waals surface area (Å²) >= 11 is 0. The number of benzene rings is 2. The zero-order chi connectivity index (χ0) is 24.5. The van der Waals surface area contributed by atoms with E-state index in [2.05, 4.69) is 53.7 Å². The molecule has 1 atom stereocenters. The zero-order valence-corrected chi connectivity index (χ0v) is 19.6. The van der Waals surface area contributed by atoms with Gasteiger partial charge < -0.3 is 15.2 Å². The number of carboxylic acid groups (broad SMARTS) is 1. The number of amides is 2. The van der Waals surface area contributed by atoms with Gasteiger partial charge in [0.15, 0.2) is 6.61 Å². The average molecular weight is 469 g/mol. The number of nitrogens with one attached hydrogen (secondary N) is 2. The van der Waals surface area contributed by atoms with Gasteiger partial charge in [0.2, 0.25) is 5.91 Å². The second-order valence-electron chi connectivity index (χ2n) is 8.79. The Morgan fingerprint density at radius 2 is 1.59 bits per heavy atom. The molecule has 0 radical (unpaired) electrons. The molecule has 0 aromatic heterocycles. The van der Waals surface area contributed by atoms with Crippen molar-refractivity contribution in [3.8, 4) is 11.1 Å². The fraction of sp³-hybridized carbons (Fsp3) is 0.423. The van der Waals surface area contributed by atoms with E-state index in [9.17, 15) is 14.4 Å². The lowest BCUT2D eigenvalue weighted by Gasteiger charge is -2.21. The molecular formula is C26H32N2O6. The number of rotatable bonds is 12. The number of hydrogen-bond donors (Lipinski definition) is 3. The lowest BCUT2D eigenvalue weighted by molar-refractivity contribution is -0.149. The molecule has 0 bridgehead atoms. The molecule has 2 amide bonds. The van der Waals surface area contributed by atoms with E-state index in [4.69, 9.17) is 9.84 Å². The van der Waals surface area contributed by atoms with Crippen molar-refractivity contribution >= 4 is 18.0 Å². The highest BCUT2D eigenvalue weighted by Crippen LogP contribution is 2.44. The predicted octanol–water partition coefficient (Wildman–Crippen LogP) is 4.10. The number of carboxylic acids is 1. The SMILES string of the molecule is CC(C)C(CCNC(=O)OCC1c2ccccc2-c2ccccc21)CCC(=O)NOCC(=O)O. The van der Waals surface area contributed by atoms with Crippen LogP contribution >= 0.6 is 0 Å². The Labute approximate surface area is 199 Å². The van der Waals surface area contributed by atoms with Crippen LogP contribution in [-0.2, 0) is 19.2 Å². The van der Waals surface area contributed by atoms with Crippen LogP contribution in [0.2, 0.25) is 0 Å². The molecule has 2 aromatic rings. The maximum Gasteiger partial charge on any atom is 0.407 e. The minimum absolute atomic E-state index is 0.0171. The molecular weight excluding hydrogens is 436 g/mol. The Hall–Kier alpha value is -3.39. The molecule has 182 valence electrons. The molecule has 1 aliphatic carbocycles. The van der Waals surface area contributed by atoms with Crippen LogP contribution in [0.25, 0.3) is 11.1 Å². The monoisotopic (exact) mass is 468 g/mol. The summed E-state index contributed by atoms with van der Waals surface area (Å²) in [5, 5.41) is 11.3. The summed E-state index contributed by atoms with van der Waals surface area (Å²) in [6.45, 7) is 4.26. The second-order valence-corrected chi connectivity index (χ2v) is 8.79. The van der Waals surface area contributed by atoms with Crippen LogP contribution in [0.1, 0.15) is 50.2 Å². The standard InChI is InChI=1S/C26H32N2O6/c1-17(2)18(11-12-24(29)28-34-16-25(30)31)13-14-27-26(32)33-15-23-21-9-5-3-7-19(21)20-8-4-6-10-22(20)23/h3-10,17-18,23H,11-16H2,1-2H3,(H,27,32)(H,28,29)(H,30,31). The molecule has 0 saturated carbocycles. The number of hydroxylamine groups is 1. The van der Waals surface area contributed by atoms with Crippen molar-refractivity contribution in [3.63, 3.8) is 0 Å². The van der Waals surface area contributed by atoms with Gasteiger partial charge in [-0.2, -0.15) is 0 Å². The average Bonchev–Trinajstić information content (AvgIpc) is 3.13. The third kappa shape index (κ3) is 6.81. The van der Waals surface area contributed by atoms with Crippen molar-refractivity contribution in [2.75, 3.05) is 19.8 Å². The van der Waals surface area contributed by atoms with Gasteiger partial charge in [0, 0.05) is 18.9 Å². The fourth-order valence-corrected chi connectivity index (χ4v) is 4.37. The Morgan fingerprint density at radius 1 is 0.971 bits per heavy atom. The summed E-state index contributed by atoms with van der Waals surface area (Å²) in [5.74, 6) is -0.976. The first-order valence-corrected chi connectivity index (χ1v) is 11.6. The van der Waals surface area contributed by atoms with Crippen molar-refractivity contribution in [1.82, 2.24) is 10.8 Å². The van der Waals surface area contributed by atoms with E-state index in [0.717, 1.165) is 0 Å². The molecule has 34 heavy (non-hydrogen) atoms. The van der Waals surface area contributed by atoms with Gasteiger partial charge in [-0.3, -0.25) is 9.63 Å². The topological polar surface area (TPSA) is 114 Å². The van der Waals surface area contributed by atoms with E-state index in [1.54, 1.807) is 0 Å². The zero-order valence-electron chi connectivity index (χ0n) is 19.6. The molecule has 0 aliphatic heterocycles. The first kappa shape index (κ1) is 25.2. The van der Waals surface area contributed by atoms with Crippen molar-refractivity contribution in [2.24, 2.45) is 11.8 Å². The van der Waals surface area contributed by atoms with Crippen LogP contribution in [0.5, 0.6) is 0 Å². The third-order valence-electron chi connectivity index (χ3n) is 6.19. The first-order chi connectivity index (χ1) is 16.4. The fourth-order valence-electron chi connectivity index (χ4n) is 4.37. The summed E-state index contributed by atoms with van der Waals surface area (Å²) in [5.41, 5.74) is 6.84. The van der Waals surface area contributed by atoms with Gasteiger partial charge >= 0.3 is 12.1 Å². The maximum absolute atomic E-state index is 12.4. The lowest BCUT2D eigenvalue weighted by Crippen LogP contribution is -2.30. The number of ether oxygens (including phenoxy) is 1. The molecule has 0 saturated heterocycles. The number of carbonyl (C=O) groups is 3. The van der Waals surface area contributed by atoms with Gasteiger partial charge in [0.1, 0.15) is 6.61 Å². The third-order valence-corrected chi connectivity index (χ3v) is 6.19. The Bertz CT molecular complexity index is 961. The van der Waals surface area contributed by atoms with Gasteiger partial charge in [-0.05, 0) is 46.9 Å². The number of alkyl carbamates (subject to hydrolysis) is 1. The summed E-state index contributed by atoms with van der Waals surface area (Å²) < 4.78 is 5.57. The van der Waals surface area contributed by atoms with Crippen LogP contribution in [0.15, 0.2) is 48.5 Å². The van der Waals surface area contributed by atoms with Crippen LogP contribution in [0, 0.1) is 11.8 Å². The van der Waals surface area contributed by atoms with E-state index in [1.807, 2.05) is 24.3 Å². The highest BCUT2D eigenvalue weighted by atomic mass is 16.7. The van der Waals surface area contributed by atoms with Gasteiger partial charge in [0.05, 0.1) is 0 Å². The molecule has 0 fully saturated rings. The van der Waals surface area contributed by atoms with E-state index in [1.165, 1.54) is 22.3 Å². The van der Waals surface area contributed by atoms with Gasteiger partial charge in [0.25, 0.3) is 0 Å². The van der Waals surface area contributed by atoms with Crippen molar-refractivity contribution < 1.29 is 29.1 Å². The van der Waals surface area contributed by atoms with E-state index >= 15 is 0 Å². The predicted molar refractivity (Wildman–Crippen MR) is 127 cm³/mol. The van der Waals surface area contributed by atoms with Gasteiger partial charge in [-0.1, -0.05) is 62.4 Å². The summed E-state index contributed by atoms with van der Waals surface area (Å²) in [6.07, 6.45) is 1.06. The van der Waals surface area contributed by atoms with E-state index < -0.39 is 18.7 Å². The smallest absolute Gasteiger partial charge is 0.407 e. The van der Waals surface area contributed by atoms with Crippen LogP contribution < -0.4 is 10.8 Å². The number of carbonyl (C=O) groups excluding carboxylic acids is 2. The van der Waals surface area contributed by atoms with Crippen LogP contribution in [0.3, 0.4) is 0 Å². The Balaban J connectivity index is 1.42. The summed E-state index contributed by atoms with van der Waals surface area (Å²) in [7, 11) is 0. The molecule has 1 aliphatic rings. The maximum atomic E-state index is 12.4. The second kappa shape index (κ2) is 12.2. The van der Waals surface area contributed by atoms with E-state index in [-0.39, 0.29) is 30.8 Å². The molecule has 2 aromatic carbocycles. The highest BCUT2D eigenvalue weighted by Gasteiger charge is 2.29. The Morgan fingerprint density at radius 3 is 2.18 bits per heavy atom. The molecule has 8 heteroatoms. The minimum Gasteiger partial charge on any atom is -0.479 e. The molecule has 0 heterocycles. The summed E-state index contributed by atoms with van der Waals surface area (Å²) in [6, 6.07) is 16.4. The van der Waals surface area contributed by atoms with Crippen molar-refractivity contribution in [1.29, 1.82) is 0 Å². The highest BCUT2D eigenvalue weighted by molar-refractivity contribution is 5.79. The van der Waals surface area contributed by atoms with Crippen LogP contribution in [0.4, 0.5) is 4.79 Å². The minimum atomic E-state index is -1.15.